The van der Waals surface area contributed by atoms with Crippen LogP contribution >= 0.6 is 11.3 Å². The van der Waals surface area contributed by atoms with Gasteiger partial charge in [0.25, 0.3) is 0 Å². The van der Waals surface area contributed by atoms with E-state index < -0.39 is 11.6 Å². The fourth-order valence-corrected chi connectivity index (χ4v) is 3.84. The summed E-state index contributed by atoms with van der Waals surface area (Å²) in [5.74, 6) is -0.810. The number of ketones is 1. The van der Waals surface area contributed by atoms with E-state index in [1.54, 1.807) is 39.0 Å². The number of hydrogen-bond acceptors (Lipinski definition) is 8. The summed E-state index contributed by atoms with van der Waals surface area (Å²) >= 11 is 1.47. The van der Waals surface area contributed by atoms with Crippen molar-refractivity contribution in [2.45, 2.75) is 64.8 Å². The molecule has 8 heteroatoms. The van der Waals surface area contributed by atoms with Gasteiger partial charge in [0.2, 0.25) is 0 Å². The van der Waals surface area contributed by atoms with E-state index in [4.69, 9.17) is 14.2 Å². The molecule has 0 bridgehead atoms. The molecular weight excluding hydrogens is 404 g/mol. The Bertz CT molecular complexity index is 868. The molecule has 0 radical (unpaired) electrons. The van der Waals surface area contributed by atoms with E-state index in [0.717, 1.165) is 41.4 Å². The highest BCUT2D eigenvalue weighted by atomic mass is 32.1. The van der Waals surface area contributed by atoms with E-state index in [9.17, 15) is 9.59 Å². The highest BCUT2D eigenvalue weighted by Crippen LogP contribution is 2.25. The third-order valence-electron chi connectivity index (χ3n) is 4.38. The Labute approximate surface area is 180 Å². The quantitative estimate of drug-likeness (QED) is 0.351. The third-order valence-corrected chi connectivity index (χ3v) is 5.41. The summed E-state index contributed by atoms with van der Waals surface area (Å²) in [6.45, 7) is 6.62. The van der Waals surface area contributed by atoms with Gasteiger partial charge in [0.15, 0.2) is 12.1 Å². The van der Waals surface area contributed by atoms with Gasteiger partial charge >= 0.3 is 5.97 Å². The molecule has 0 N–H and O–H groups in total. The molecular formula is C22H28N2O5S. The third kappa shape index (κ3) is 6.97. The van der Waals surface area contributed by atoms with Gasteiger partial charge in [-0.3, -0.25) is 9.59 Å². The van der Waals surface area contributed by atoms with Crippen LogP contribution in [0.4, 0.5) is 0 Å². The van der Waals surface area contributed by atoms with Crippen LogP contribution in [0.15, 0.2) is 24.3 Å². The molecule has 1 atom stereocenters. The second-order valence-corrected chi connectivity index (χ2v) is 9.25. The summed E-state index contributed by atoms with van der Waals surface area (Å²) in [5, 5.41) is 10.1. The minimum atomic E-state index is -0.616. The topological polar surface area (TPSA) is 87.6 Å². The first-order valence-electron chi connectivity index (χ1n) is 10.2. The van der Waals surface area contributed by atoms with E-state index in [-0.39, 0.29) is 18.5 Å². The van der Waals surface area contributed by atoms with Crippen molar-refractivity contribution in [1.29, 1.82) is 0 Å². The van der Waals surface area contributed by atoms with Crippen LogP contribution in [0.25, 0.3) is 10.6 Å². The summed E-state index contributed by atoms with van der Waals surface area (Å²) in [6, 6.07) is 7.09. The predicted octanol–water partition coefficient (Wildman–Crippen LogP) is 4.21. The van der Waals surface area contributed by atoms with E-state index >= 15 is 0 Å². The van der Waals surface area contributed by atoms with Crippen LogP contribution in [0.3, 0.4) is 0 Å². The summed E-state index contributed by atoms with van der Waals surface area (Å²) < 4.78 is 16.5. The number of carbonyl (C=O) groups excluding carboxylic acids is 2. The molecule has 3 rings (SSSR count). The number of benzene rings is 1. The molecule has 30 heavy (non-hydrogen) atoms. The molecule has 1 aliphatic rings. The predicted molar refractivity (Wildman–Crippen MR) is 113 cm³/mol. The molecule has 2 heterocycles. The summed E-state index contributed by atoms with van der Waals surface area (Å²) in [5.41, 5.74) is 0.632. The molecule has 0 saturated carbocycles. The van der Waals surface area contributed by atoms with Crippen molar-refractivity contribution in [3.63, 3.8) is 0 Å². The molecule has 1 unspecified atom stereocenters. The Kier molecular flexibility index (Phi) is 7.69. The molecule has 162 valence electrons. The van der Waals surface area contributed by atoms with Crippen LogP contribution in [0.5, 0.6) is 0 Å². The zero-order chi connectivity index (χ0) is 21.6. The van der Waals surface area contributed by atoms with Gasteiger partial charge in [0.05, 0.1) is 6.61 Å². The Balaban J connectivity index is 1.56. The van der Waals surface area contributed by atoms with Crippen molar-refractivity contribution < 1.29 is 23.8 Å². The molecule has 2 aromatic rings. The van der Waals surface area contributed by atoms with Crippen molar-refractivity contribution in [2.24, 2.45) is 0 Å². The first-order valence-corrected chi connectivity index (χ1v) is 11.0. The van der Waals surface area contributed by atoms with Gasteiger partial charge in [-0.05, 0) is 46.1 Å². The summed E-state index contributed by atoms with van der Waals surface area (Å²) in [7, 11) is 0. The van der Waals surface area contributed by atoms with Gasteiger partial charge in [-0.2, -0.15) is 0 Å². The largest absolute Gasteiger partial charge is 0.460 e. The minimum Gasteiger partial charge on any atom is -0.460 e. The van der Waals surface area contributed by atoms with Crippen LogP contribution in [0, 0.1) is 0 Å². The maximum Gasteiger partial charge on any atom is 0.314 e. The number of carbonyl (C=O) groups is 2. The molecule has 7 nitrogen and oxygen atoms in total. The van der Waals surface area contributed by atoms with Crippen LogP contribution < -0.4 is 0 Å². The monoisotopic (exact) mass is 432 g/mol. The fourth-order valence-electron chi connectivity index (χ4n) is 3.03. The lowest BCUT2D eigenvalue weighted by Crippen LogP contribution is -2.25. The molecule has 0 amide bonds. The molecule has 1 fully saturated rings. The Morgan fingerprint density at radius 3 is 2.80 bits per heavy atom. The fraction of sp³-hybridized carbons (Fsp3) is 0.545. The number of esters is 1. The van der Waals surface area contributed by atoms with E-state index in [2.05, 4.69) is 10.2 Å². The van der Waals surface area contributed by atoms with Gasteiger partial charge < -0.3 is 14.2 Å². The van der Waals surface area contributed by atoms with Crippen LogP contribution in [-0.4, -0.2) is 47.1 Å². The van der Waals surface area contributed by atoms with E-state index in [1.807, 2.05) is 6.07 Å². The summed E-state index contributed by atoms with van der Waals surface area (Å²) in [6.07, 6.45) is 3.43. The maximum absolute atomic E-state index is 12.5. The van der Waals surface area contributed by atoms with Crippen LogP contribution in [-0.2, 0) is 25.4 Å². The normalized spacial score (nSPS) is 17.0. The highest BCUT2D eigenvalue weighted by molar-refractivity contribution is 7.14. The Hall–Kier alpha value is -2.16. The molecule has 0 aliphatic carbocycles. The lowest BCUT2D eigenvalue weighted by molar-refractivity contribution is -0.161. The van der Waals surface area contributed by atoms with Crippen molar-refractivity contribution in [2.75, 3.05) is 13.2 Å². The van der Waals surface area contributed by atoms with Crippen molar-refractivity contribution in [1.82, 2.24) is 10.2 Å². The number of hydrogen-bond donors (Lipinski definition) is 0. The van der Waals surface area contributed by atoms with Crippen molar-refractivity contribution >= 4 is 23.1 Å². The van der Waals surface area contributed by atoms with Gasteiger partial charge in [0, 0.05) is 24.2 Å². The zero-order valence-electron chi connectivity index (χ0n) is 17.7. The van der Waals surface area contributed by atoms with Crippen LogP contribution in [0.2, 0.25) is 0 Å². The second-order valence-electron chi connectivity index (χ2n) is 8.19. The van der Waals surface area contributed by atoms with E-state index in [1.165, 1.54) is 11.3 Å². The number of nitrogens with zero attached hydrogens (tertiary/aromatic N) is 2. The standard InChI is InChI=1S/C22H28N2O5S/c1-22(2,3)29-19(26)14-17(25)15-7-6-8-16(13-15)21-24-23-18(30-21)10-12-28-20-9-4-5-11-27-20/h6-8,13,20H,4-5,9-12,14H2,1-3H3. The van der Waals surface area contributed by atoms with Crippen molar-refractivity contribution in [3.05, 3.63) is 34.8 Å². The highest BCUT2D eigenvalue weighted by Gasteiger charge is 2.20. The molecule has 1 aromatic heterocycles. The Morgan fingerprint density at radius 2 is 2.07 bits per heavy atom. The minimum absolute atomic E-state index is 0.112. The molecule has 1 aliphatic heterocycles. The van der Waals surface area contributed by atoms with Crippen LogP contribution in [0.1, 0.15) is 61.8 Å². The smallest absolute Gasteiger partial charge is 0.314 e. The lowest BCUT2D eigenvalue weighted by atomic mass is 10.1. The summed E-state index contributed by atoms with van der Waals surface area (Å²) in [4.78, 5) is 24.4. The molecule has 1 aromatic carbocycles. The average molecular weight is 433 g/mol. The number of aromatic nitrogens is 2. The maximum atomic E-state index is 12.5. The second kappa shape index (κ2) is 10.2. The Morgan fingerprint density at radius 1 is 1.23 bits per heavy atom. The lowest BCUT2D eigenvalue weighted by Gasteiger charge is -2.22. The zero-order valence-corrected chi connectivity index (χ0v) is 18.5. The SMILES string of the molecule is CC(C)(C)OC(=O)CC(=O)c1cccc(-c2nnc(CCOC3CCCCO3)s2)c1. The molecule has 1 saturated heterocycles. The number of Topliss-reactive ketones (excluding diaryl/α,β-unsaturated/α-hetero) is 1. The molecule has 0 spiro atoms. The number of ether oxygens (including phenoxy) is 3. The van der Waals surface area contributed by atoms with E-state index in [0.29, 0.717) is 18.6 Å². The average Bonchev–Trinajstić information content (AvgIpc) is 3.16. The number of rotatable bonds is 8. The first-order chi connectivity index (χ1) is 14.3. The van der Waals surface area contributed by atoms with Gasteiger partial charge in [-0.1, -0.05) is 29.5 Å². The van der Waals surface area contributed by atoms with Gasteiger partial charge in [-0.15, -0.1) is 10.2 Å². The van der Waals surface area contributed by atoms with Gasteiger partial charge in [-0.25, -0.2) is 0 Å². The first kappa shape index (κ1) is 22.5. The van der Waals surface area contributed by atoms with Crippen molar-refractivity contribution in [3.8, 4) is 10.6 Å². The van der Waals surface area contributed by atoms with Gasteiger partial charge in [0.1, 0.15) is 22.0 Å².